The van der Waals surface area contributed by atoms with Gasteiger partial charge in [0, 0.05) is 27.7 Å². The van der Waals surface area contributed by atoms with Crippen molar-refractivity contribution in [2.45, 2.75) is 0 Å². The molecule has 2 heteroatoms. The summed E-state index contributed by atoms with van der Waals surface area (Å²) in [4.78, 5) is 2.42. The molecule has 0 saturated heterocycles. The van der Waals surface area contributed by atoms with Crippen molar-refractivity contribution in [1.82, 2.24) is 0 Å². The molecular weight excluding hydrogens is 703 g/mol. The van der Waals surface area contributed by atoms with E-state index < -0.39 is 0 Å². The summed E-state index contributed by atoms with van der Waals surface area (Å²) in [5.41, 5.74) is 14.5. The predicted octanol–water partition coefficient (Wildman–Crippen LogP) is 16.0. The number of fused-ring (bicyclic) bond motifs is 6. The van der Waals surface area contributed by atoms with Crippen LogP contribution in [0.4, 0.5) is 17.1 Å². The highest BCUT2D eigenvalue weighted by Crippen LogP contribution is 2.48. The third-order valence-electron chi connectivity index (χ3n) is 11.5. The zero-order valence-electron chi connectivity index (χ0n) is 31.7. The second-order valence-electron chi connectivity index (χ2n) is 14.8. The van der Waals surface area contributed by atoms with Gasteiger partial charge in [0.05, 0.1) is 5.69 Å². The van der Waals surface area contributed by atoms with Crippen molar-refractivity contribution in [2.75, 3.05) is 4.90 Å². The van der Waals surface area contributed by atoms with Crippen LogP contribution in [0.15, 0.2) is 229 Å². The van der Waals surface area contributed by atoms with E-state index in [1.54, 1.807) is 0 Å². The summed E-state index contributed by atoms with van der Waals surface area (Å²) in [6, 6.07) is 80.7. The van der Waals surface area contributed by atoms with Crippen LogP contribution in [0.3, 0.4) is 0 Å². The van der Waals surface area contributed by atoms with E-state index in [2.05, 4.69) is 217 Å². The number of para-hydroxylation sites is 2. The van der Waals surface area contributed by atoms with Crippen LogP contribution in [0.5, 0.6) is 0 Å². The zero-order chi connectivity index (χ0) is 38.4. The number of benzene rings is 10. The van der Waals surface area contributed by atoms with Crippen LogP contribution in [0, 0.1) is 0 Å². The van der Waals surface area contributed by atoms with Crippen molar-refractivity contribution < 1.29 is 4.42 Å². The molecule has 0 aliphatic carbocycles. The van der Waals surface area contributed by atoms with Gasteiger partial charge in [-0.05, 0) is 103 Å². The largest absolute Gasteiger partial charge is 0.456 e. The molecule has 0 aliphatic rings. The molecule has 0 N–H and O–H groups in total. The second kappa shape index (κ2) is 14.1. The minimum Gasteiger partial charge on any atom is -0.456 e. The topological polar surface area (TPSA) is 16.4 Å². The fourth-order valence-electron chi connectivity index (χ4n) is 8.89. The number of rotatable bonds is 7. The van der Waals surface area contributed by atoms with Gasteiger partial charge < -0.3 is 9.32 Å². The second-order valence-corrected chi connectivity index (χ2v) is 14.8. The molecule has 2 nitrogen and oxygen atoms in total. The van der Waals surface area contributed by atoms with Crippen molar-refractivity contribution in [2.24, 2.45) is 0 Å². The molecule has 0 aliphatic heterocycles. The van der Waals surface area contributed by atoms with Gasteiger partial charge >= 0.3 is 0 Å². The maximum atomic E-state index is 6.28. The predicted molar refractivity (Wildman–Crippen MR) is 245 cm³/mol. The van der Waals surface area contributed by atoms with Gasteiger partial charge in [0.15, 0.2) is 0 Å². The fourth-order valence-corrected chi connectivity index (χ4v) is 8.89. The quantitative estimate of drug-likeness (QED) is 0.151. The van der Waals surface area contributed by atoms with Crippen LogP contribution in [-0.4, -0.2) is 0 Å². The van der Waals surface area contributed by atoms with Crippen molar-refractivity contribution in [3.63, 3.8) is 0 Å². The van der Waals surface area contributed by atoms with E-state index in [9.17, 15) is 0 Å². The monoisotopic (exact) mass is 739 g/mol. The van der Waals surface area contributed by atoms with E-state index in [-0.39, 0.29) is 0 Å². The molecule has 1 heterocycles. The molecule has 10 aromatic carbocycles. The smallest absolute Gasteiger partial charge is 0.136 e. The van der Waals surface area contributed by atoms with E-state index in [1.165, 1.54) is 49.4 Å². The molecule has 11 aromatic rings. The van der Waals surface area contributed by atoms with E-state index in [1.807, 2.05) is 12.1 Å². The number of hydrogen-bond donors (Lipinski definition) is 0. The third-order valence-corrected chi connectivity index (χ3v) is 11.5. The van der Waals surface area contributed by atoms with Gasteiger partial charge in [0.2, 0.25) is 0 Å². The molecule has 0 saturated carbocycles. The van der Waals surface area contributed by atoms with Crippen molar-refractivity contribution in [3.8, 4) is 44.5 Å². The van der Waals surface area contributed by atoms with E-state index in [0.717, 1.165) is 55.7 Å². The Balaban J connectivity index is 1.17. The molecule has 0 spiro atoms. The van der Waals surface area contributed by atoms with Gasteiger partial charge in [-0.2, -0.15) is 0 Å². The van der Waals surface area contributed by atoms with E-state index in [0.29, 0.717) is 0 Å². The van der Waals surface area contributed by atoms with E-state index in [4.69, 9.17) is 4.42 Å². The first-order chi connectivity index (χ1) is 28.8. The molecule has 0 amide bonds. The van der Waals surface area contributed by atoms with Crippen LogP contribution < -0.4 is 4.90 Å². The lowest BCUT2D eigenvalue weighted by molar-refractivity contribution is 0.669. The summed E-state index contributed by atoms with van der Waals surface area (Å²) < 4.78 is 6.28. The summed E-state index contributed by atoms with van der Waals surface area (Å²) in [7, 11) is 0. The van der Waals surface area contributed by atoms with Gasteiger partial charge in [0.1, 0.15) is 11.2 Å². The lowest BCUT2D eigenvalue weighted by Gasteiger charge is -2.29. The Hall–Kier alpha value is -7.68. The molecule has 0 bridgehead atoms. The highest BCUT2D eigenvalue weighted by atomic mass is 16.3. The molecule has 1 aromatic heterocycles. The third kappa shape index (κ3) is 5.66. The fraction of sp³-hybridized carbons (Fsp3) is 0. The normalized spacial score (nSPS) is 11.4. The lowest BCUT2D eigenvalue weighted by atomic mass is 9.85. The first kappa shape index (κ1) is 33.6. The first-order valence-electron chi connectivity index (χ1n) is 19.8. The Labute approximate surface area is 337 Å². The van der Waals surface area contributed by atoms with Crippen LogP contribution >= 0.6 is 0 Å². The van der Waals surface area contributed by atoms with Gasteiger partial charge in [-0.15, -0.1) is 0 Å². The lowest BCUT2D eigenvalue weighted by Crippen LogP contribution is -2.11. The average Bonchev–Trinajstić information content (AvgIpc) is 3.69. The van der Waals surface area contributed by atoms with Crippen LogP contribution in [-0.2, 0) is 0 Å². The standard InChI is InChI=1S/C56H37NO/c1-4-17-38(18-5-1)44-23-12-14-28-51(44)57(42-33-31-39(32-34-42)45-27-16-30-53-56(45)49-26-13-15-29-52(49)58-53)43-35-36-47-46-24-10-11-25-48(46)54(40-19-6-2-7-20-40)55(50(47)37-43)41-21-8-3-9-22-41/h1-37H. The Kier molecular flexibility index (Phi) is 8.19. The number of furan rings is 1. The molecule has 0 fully saturated rings. The number of hydrogen-bond acceptors (Lipinski definition) is 2. The van der Waals surface area contributed by atoms with Crippen molar-refractivity contribution >= 4 is 60.5 Å². The molecule has 0 unspecified atom stereocenters. The average molecular weight is 740 g/mol. The maximum absolute atomic E-state index is 6.28. The molecule has 0 atom stereocenters. The molecule has 0 radical (unpaired) electrons. The van der Waals surface area contributed by atoms with Crippen LogP contribution in [0.1, 0.15) is 0 Å². The highest BCUT2D eigenvalue weighted by Gasteiger charge is 2.22. The summed E-state index contributed by atoms with van der Waals surface area (Å²) >= 11 is 0. The van der Waals surface area contributed by atoms with Crippen LogP contribution in [0.2, 0.25) is 0 Å². The van der Waals surface area contributed by atoms with Gasteiger partial charge in [-0.25, -0.2) is 0 Å². The summed E-state index contributed by atoms with van der Waals surface area (Å²) in [5, 5.41) is 7.19. The molecular formula is C56H37NO. The minimum atomic E-state index is 0.897. The van der Waals surface area contributed by atoms with Crippen molar-refractivity contribution in [1.29, 1.82) is 0 Å². The van der Waals surface area contributed by atoms with Gasteiger partial charge in [-0.1, -0.05) is 182 Å². The molecule has 58 heavy (non-hydrogen) atoms. The van der Waals surface area contributed by atoms with Crippen molar-refractivity contribution in [3.05, 3.63) is 224 Å². The zero-order valence-corrected chi connectivity index (χ0v) is 31.7. The Bertz CT molecular complexity index is 3260. The summed E-state index contributed by atoms with van der Waals surface area (Å²) in [6.45, 7) is 0. The Morgan fingerprint density at radius 2 is 0.793 bits per heavy atom. The molecule has 272 valence electrons. The van der Waals surface area contributed by atoms with E-state index >= 15 is 0 Å². The highest BCUT2D eigenvalue weighted by molar-refractivity contribution is 6.22. The molecule has 11 rings (SSSR count). The summed E-state index contributed by atoms with van der Waals surface area (Å²) in [5.74, 6) is 0. The van der Waals surface area contributed by atoms with Gasteiger partial charge in [-0.3, -0.25) is 0 Å². The van der Waals surface area contributed by atoms with Crippen LogP contribution in [0.25, 0.3) is 88.0 Å². The first-order valence-corrected chi connectivity index (χ1v) is 19.8. The maximum Gasteiger partial charge on any atom is 0.136 e. The number of nitrogens with zero attached hydrogens (tertiary/aromatic N) is 1. The Morgan fingerprint density at radius 1 is 0.293 bits per heavy atom. The minimum absolute atomic E-state index is 0.897. The van der Waals surface area contributed by atoms with Gasteiger partial charge in [0.25, 0.3) is 0 Å². The summed E-state index contributed by atoms with van der Waals surface area (Å²) in [6.07, 6.45) is 0. The number of anilines is 3. The SMILES string of the molecule is c1ccc(-c2ccccc2N(c2ccc(-c3cccc4oc5ccccc5c34)cc2)c2ccc3c(c2)c(-c2ccccc2)c(-c2ccccc2)c2ccccc23)cc1. The Morgan fingerprint density at radius 3 is 1.52 bits per heavy atom.